The van der Waals surface area contributed by atoms with Crippen molar-refractivity contribution in [3.63, 3.8) is 0 Å². The summed E-state index contributed by atoms with van der Waals surface area (Å²) in [5.74, 6) is 0. The van der Waals surface area contributed by atoms with Crippen molar-refractivity contribution >= 4 is 23.2 Å². The normalized spacial score (nSPS) is 19.0. The molecule has 1 aromatic heterocycles. The Balaban J connectivity index is 1.31. The van der Waals surface area contributed by atoms with E-state index in [2.05, 4.69) is 45.9 Å². The number of nitrogens with one attached hydrogen (secondary N) is 1. The lowest BCUT2D eigenvalue weighted by molar-refractivity contribution is 0.116. The van der Waals surface area contributed by atoms with E-state index in [-0.39, 0.29) is 13.2 Å². The van der Waals surface area contributed by atoms with Gasteiger partial charge in [0.2, 0.25) is 0 Å². The Morgan fingerprint density at radius 3 is 2.38 bits per heavy atom. The molecule has 0 unspecified atom stereocenters. The summed E-state index contributed by atoms with van der Waals surface area (Å²) in [6.45, 7) is 7.14. The summed E-state index contributed by atoms with van der Waals surface area (Å²) in [7, 11) is 0. The van der Waals surface area contributed by atoms with Crippen LogP contribution in [0.25, 0.3) is 10.9 Å². The third-order valence-electron chi connectivity index (χ3n) is 8.50. The van der Waals surface area contributed by atoms with Crippen LogP contribution >= 0.6 is 0 Å². The molecule has 2 aromatic carbocycles. The number of oxime groups is 1. The summed E-state index contributed by atoms with van der Waals surface area (Å²) in [6.07, 6.45) is 8.10. The zero-order chi connectivity index (χ0) is 27.2. The largest absolute Gasteiger partial charge is 0.445 e. The number of carbonyl (C=O) groups excluding carboxylic acids is 1. The molecule has 206 valence electrons. The Morgan fingerprint density at radius 2 is 1.69 bits per heavy atom. The van der Waals surface area contributed by atoms with Crippen molar-refractivity contribution in [2.24, 2.45) is 5.16 Å². The van der Waals surface area contributed by atoms with Gasteiger partial charge in [-0.3, -0.25) is 0 Å². The van der Waals surface area contributed by atoms with Gasteiger partial charge < -0.3 is 24.7 Å². The number of amides is 1. The number of para-hydroxylation sites is 1. The minimum atomic E-state index is -0.467. The molecule has 7 nitrogen and oxygen atoms in total. The van der Waals surface area contributed by atoms with E-state index in [0.29, 0.717) is 12.1 Å². The number of hydrogen-bond acceptors (Lipinski definition) is 5. The highest BCUT2D eigenvalue weighted by molar-refractivity contribution is 6.01. The minimum absolute atomic E-state index is 0.218. The SMILES string of the molecule is CC(C)=C1CCC(N2CCC(n3c(CNC(=O)OCc4ccccc4)c(C=NO)c4ccccc43)CC2)CC1. The average molecular weight is 529 g/mol. The van der Waals surface area contributed by atoms with Crippen LogP contribution in [0.15, 0.2) is 70.9 Å². The molecule has 1 aliphatic heterocycles. The number of alkyl carbamates (subject to hydrolysis) is 1. The highest BCUT2D eigenvalue weighted by Gasteiger charge is 2.30. The zero-order valence-electron chi connectivity index (χ0n) is 23.1. The Kier molecular flexibility index (Phi) is 8.67. The highest BCUT2D eigenvalue weighted by atomic mass is 16.5. The number of allylic oxidation sites excluding steroid dienone is 2. The van der Waals surface area contributed by atoms with Crippen LogP contribution in [0.2, 0.25) is 0 Å². The number of piperidine rings is 1. The summed E-state index contributed by atoms with van der Waals surface area (Å²) < 4.78 is 7.82. The maximum Gasteiger partial charge on any atom is 0.407 e. The van der Waals surface area contributed by atoms with Crippen LogP contribution in [0, 0.1) is 0 Å². The van der Waals surface area contributed by atoms with Crippen LogP contribution < -0.4 is 5.32 Å². The number of carbonyl (C=O) groups is 1. The number of aromatic nitrogens is 1. The maximum atomic E-state index is 12.6. The fraction of sp³-hybridized carbons (Fsp3) is 0.438. The number of hydrogen-bond donors (Lipinski definition) is 2. The van der Waals surface area contributed by atoms with Gasteiger partial charge in [-0.2, -0.15) is 0 Å². The van der Waals surface area contributed by atoms with Crippen LogP contribution in [-0.2, 0) is 17.9 Å². The number of nitrogens with zero attached hydrogens (tertiary/aromatic N) is 3. The summed E-state index contributed by atoms with van der Waals surface area (Å²) in [5, 5.41) is 16.8. The zero-order valence-corrected chi connectivity index (χ0v) is 23.1. The number of rotatable bonds is 7. The van der Waals surface area contributed by atoms with Crippen molar-refractivity contribution in [1.82, 2.24) is 14.8 Å². The van der Waals surface area contributed by atoms with Gasteiger partial charge in [0.05, 0.1) is 12.8 Å². The first kappa shape index (κ1) is 27.0. The molecule has 1 aliphatic carbocycles. The standard InChI is InChI=1S/C32H40N4O3/c1-23(2)25-12-14-26(15-13-25)35-18-16-27(17-19-35)36-30-11-7-6-10-28(30)29(20-34-38)31(36)21-33-32(37)39-22-24-8-4-3-5-9-24/h3-11,20,26-27,38H,12-19,21-22H2,1-2H3,(H,33,37). The van der Waals surface area contributed by atoms with Crippen LogP contribution in [0.1, 0.15) is 75.2 Å². The molecule has 2 aliphatic rings. The lowest BCUT2D eigenvalue weighted by Gasteiger charge is -2.40. The van der Waals surface area contributed by atoms with Gasteiger partial charge in [0.1, 0.15) is 6.61 Å². The summed E-state index contributed by atoms with van der Waals surface area (Å²) in [6, 6.07) is 18.9. The van der Waals surface area contributed by atoms with Crippen LogP contribution in [0.5, 0.6) is 0 Å². The first-order chi connectivity index (χ1) is 19.0. The summed E-state index contributed by atoms with van der Waals surface area (Å²) in [4.78, 5) is 15.3. The van der Waals surface area contributed by atoms with Crippen LogP contribution in [0.3, 0.4) is 0 Å². The van der Waals surface area contributed by atoms with Gasteiger partial charge in [-0.25, -0.2) is 4.79 Å². The third kappa shape index (κ3) is 6.19. The summed E-state index contributed by atoms with van der Waals surface area (Å²) in [5.41, 5.74) is 6.97. The Morgan fingerprint density at radius 1 is 1.00 bits per heavy atom. The molecular weight excluding hydrogens is 488 g/mol. The van der Waals surface area contributed by atoms with Crippen molar-refractivity contribution in [1.29, 1.82) is 0 Å². The Bertz CT molecular complexity index is 1320. The van der Waals surface area contributed by atoms with E-state index in [0.717, 1.165) is 53.7 Å². The second-order valence-corrected chi connectivity index (χ2v) is 11.0. The molecule has 39 heavy (non-hydrogen) atoms. The van der Waals surface area contributed by atoms with E-state index in [1.54, 1.807) is 5.57 Å². The molecule has 2 N–H and O–H groups in total. The molecule has 2 heterocycles. The molecular formula is C32H40N4O3. The van der Waals surface area contributed by atoms with E-state index < -0.39 is 6.09 Å². The predicted octanol–water partition coefficient (Wildman–Crippen LogP) is 6.79. The van der Waals surface area contributed by atoms with Crippen molar-refractivity contribution in [2.75, 3.05) is 13.1 Å². The molecule has 7 heteroatoms. The number of fused-ring (bicyclic) bond motifs is 1. The maximum absolute atomic E-state index is 12.6. The molecule has 1 saturated heterocycles. The topological polar surface area (TPSA) is 79.1 Å². The smallest absolute Gasteiger partial charge is 0.407 e. The molecule has 3 aromatic rings. The van der Waals surface area contributed by atoms with Crippen LogP contribution in [0.4, 0.5) is 4.79 Å². The number of ether oxygens (including phenoxy) is 1. The quantitative estimate of drug-likeness (QED) is 0.153. The lowest BCUT2D eigenvalue weighted by Crippen LogP contribution is -2.43. The Hall–Kier alpha value is -3.58. The van der Waals surface area contributed by atoms with E-state index in [4.69, 9.17) is 4.74 Å². The van der Waals surface area contributed by atoms with E-state index >= 15 is 0 Å². The molecule has 0 spiro atoms. The van der Waals surface area contributed by atoms with Gasteiger partial charge >= 0.3 is 6.09 Å². The van der Waals surface area contributed by atoms with Crippen LogP contribution in [-0.4, -0.2) is 46.1 Å². The second-order valence-electron chi connectivity index (χ2n) is 11.0. The van der Waals surface area contributed by atoms with E-state index in [9.17, 15) is 10.0 Å². The first-order valence-electron chi connectivity index (χ1n) is 14.2. The molecule has 0 bridgehead atoms. The van der Waals surface area contributed by atoms with E-state index in [1.807, 2.05) is 42.5 Å². The Labute approximate surface area is 231 Å². The molecule has 5 rings (SSSR count). The lowest BCUT2D eigenvalue weighted by atomic mass is 9.86. The monoisotopic (exact) mass is 528 g/mol. The minimum Gasteiger partial charge on any atom is -0.445 e. The number of likely N-dealkylation sites (tertiary alicyclic amines) is 1. The van der Waals surface area contributed by atoms with Gasteiger partial charge in [0.15, 0.2) is 0 Å². The van der Waals surface area contributed by atoms with Gasteiger partial charge in [-0.1, -0.05) is 64.8 Å². The average Bonchev–Trinajstić information content (AvgIpc) is 3.29. The van der Waals surface area contributed by atoms with Crippen molar-refractivity contribution < 1.29 is 14.7 Å². The molecule has 2 fully saturated rings. The summed E-state index contributed by atoms with van der Waals surface area (Å²) >= 11 is 0. The predicted molar refractivity (Wildman–Crippen MR) is 155 cm³/mol. The second kappa shape index (κ2) is 12.5. The molecule has 1 saturated carbocycles. The third-order valence-corrected chi connectivity index (χ3v) is 8.50. The fourth-order valence-electron chi connectivity index (χ4n) is 6.40. The van der Waals surface area contributed by atoms with Gasteiger partial charge in [-0.15, -0.1) is 0 Å². The van der Waals surface area contributed by atoms with Crippen molar-refractivity contribution in [2.45, 2.75) is 77.6 Å². The molecule has 0 radical (unpaired) electrons. The fourth-order valence-corrected chi connectivity index (χ4v) is 6.40. The van der Waals surface area contributed by atoms with Gasteiger partial charge in [-0.05, 0) is 64.0 Å². The van der Waals surface area contributed by atoms with Crippen molar-refractivity contribution in [3.8, 4) is 0 Å². The highest BCUT2D eigenvalue weighted by Crippen LogP contribution is 2.36. The van der Waals surface area contributed by atoms with Crippen molar-refractivity contribution in [3.05, 3.63) is 82.6 Å². The van der Waals surface area contributed by atoms with Gasteiger partial charge in [0.25, 0.3) is 0 Å². The molecule has 1 amide bonds. The van der Waals surface area contributed by atoms with E-state index in [1.165, 1.54) is 37.5 Å². The number of benzene rings is 2. The molecule has 0 atom stereocenters. The first-order valence-corrected chi connectivity index (χ1v) is 14.2. The van der Waals surface area contributed by atoms with Gasteiger partial charge in [0, 0.05) is 47.3 Å².